The Morgan fingerprint density at radius 2 is 1.70 bits per heavy atom. The highest BCUT2D eigenvalue weighted by atomic mass is 16.2. The van der Waals surface area contributed by atoms with Gasteiger partial charge in [-0.1, -0.05) is 6.92 Å². The van der Waals surface area contributed by atoms with Crippen molar-refractivity contribution < 1.29 is 9.59 Å². The third-order valence-corrected chi connectivity index (χ3v) is 5.26. The van der Waals surface area contributed by atoms with Crippen molar-refractivity contribution in [3.63, 3.8) is 0 Å². The van der Waals surface area contributed by atoms with E-state index in [4.69, 9.17) is 11.5 Å². The van der Waals surface area contributed by atoms with Crippen molar-refractivity contribution in [2.75, 3.05) is 19.6 Å². The van der Waals surface area contributed by atoms with E-state index in [0.29, 0.717) is 38.4 Å². The summed E-state index contributed by atoms with van der Waals surface area (Å²) in [5, 5.41) is 0. The highest BCUT2D eigenvalue weighted by molar-refractivity contribution is 5.84. The summed E-state index contributed by atoms with van der Waals surface area (Å²) in [6, 6.07) is 0. The molecule has 0 atom stereocenters. The first-order chi connectivity index (χ1) is 9.48. The minimum absolute atomic E-state index is 0.0701. The molecule has 1 saturated carbocycles. The standard InChI is InChI=1S/C15H27N3O2/c1-11-2-6-15(10-16,7-3-11)14(20)18-8-4-12(5-9-18)13(17)19/h11-12H,2-10,16H2,1H3,(H2,17,19). The molecule has 2 aliphatic rings. The first kappa shape index (κ1) is 15.3. The van der Waals surface area contributed by atoms with Gasteiger partial charge in [-0.25, -0.2) is 0 Å². The predicted molar refractivity (Wildman–Crippen MR) is 77.6 cm³/mol. The highest BCUT2D eigenvalue weighted by Crippen LogP contribution is 2.40. The van der Waals surface area contributed by atoms with Crippen molar-refractivity contribution in [3.8, 4) is 0 Å². The number of hydrogen-bond acceptors (Lipinski definition) is 3. The molecular formula is C15H27N3O2. The third kappa shape index (κ3) is 2.97. The first-order valence-corrected chi connectivity index (χ1v) is 7.77. The van der Waals surface area contributed by atoms with Gasteiger partial charge in [0.05, 0.1) is 5.41 Å². The molecule has 0 spiro atoms. The van der Waals surface area contributed by atoms with Crippen molar-refractivity contribution in [3.05, 3.63) is 0 Å². The van der Waals surface area contributed by atoms with Crippen LogP contribution in [0, 0.1) is 17.3 Å². The maximum atomic E-state index is 12.8. The average Bonchev–Trinajstić information content (AvgIpc) is 2.48. The minimum Gasteiger partial charge on any atom is -0.369 e. The number of rotatable bonds is 3. The lowest BCUT2D eigenvalue weighted by molar-refractivity contribution is -0.146. The van der Waals surface area contributed by atoms with E-state index in [1.807, 2.05) is 4.90 Å². The molecule has 20 heavy (non-hydrogen) atoms. The van der Waals surface area contributed by atoms with Gasteiger partial charge in [-0.2, -0.15) is 0 Å². The van der Waals surface area contributed by atoms with Gasteiger partial charge < -0.3 is 16.4 Å². The Morgan fingerprint density at radius 3 is 2.15 bits per heavy atom. The minimum atomic E-state index is -0.355. The molecule has 2 rings (SSSR count). The summed E-state index contributed by atoms with van der Waals surface area (Å²) in [7, 11) is 0. The zero-order valence-corrected chi connectivity index (χ0v) is 12.4. The zero-order chi connectivity index (χ0) is 14.8. The van der Waals surface area contributed by atoms with Crippen molar-refractivity contribution >= 4 is 11.8 Å². The monoisotopic (exact) mass is 281 g/mol. The van der Waals surface area contributed by atoms with Gasteiger partial charge in [-0.05, 0) is 44.4 Å². The van der Waals surface area contributed by atoms with E-state index in [0.717, 1.165) is 25.7 Å². The van der Waals surface area contributed by atoms with Crippen LogP contribution in [0.5, 0.6) is 0 Å². The number of piperidine rings is 1. The van der Waals surface area contributed by atoms with Crippen LogP contribution >= 0.6 is 0 Å². The number of nitrogens with zero attached hydrogens (tertiary/aromatic N) is 1. The Morgan fingerprint density at radius 1 is 1.15 bits per heavy atom. The molecule has 0 aromatic rings. The molecule has 1 aliphatic carbocycles. The normalized spacial score (nSPS) is 32.1. The van der Waals surface area contributed by atoms with Crippen molar-refractivity contribution in [1.29, 1.82) is 0 Å². The van der Waals surface area contributed by atoms with E-state index < -0.39 is 0 Å². The summed E-state index contributed by atoms with van der Waals surface area (Å²) >= 11 is 0. The Kier molecular flexibility index (Phi) is 4.68. The van der Waals surface area contributed by atoms with Crippen LogP contribution in [0.3, 0.4) is 0 Å². The summed E-state index contributed by atoms with van der Waals surface area (Å²) in [6.07, 6.45) is 5.36. The van der Waals surface area contributed by atoms with Gasteiger partial charge in [0.1, 0.15) is 0 Å². The average molecular weight is 281 g/mol. The van der Waals surface area contributed by atoms with Crippen LogP contribution < -0.4 is 11.5 Å². The lowest BCUT2D eigenvalue weighted by Gasteiger charge is -2.42. The third-order valence-electron chi connectivity index (χ3n) is 5.26. The fourth-order valence-electron chi connectivity index (χ4n) is 3.52. The van der Waals surface area contributed by atoms with Gasteiger partial charge in [0, 0.05) is 25.6 Å². The van der Waals surface area contributed by atoms with E-state index in [1.54, 1.807) is 0 Å². The fraction of sp³-hybridized carbons (Fsp3) is 0.867. The second-order valence-corrected chi connectivity index (χ2v) is 6.64. The fourth-order valence-corrected chi connectivity index (χ4v) is 3.52. The quantitative estimate of drug-likeness (QED) is 0.804. The van der Waals surface area contributed by atoms with E-state index in [1.165, 1.54) is 0 Å². The Hall–Kier alpha value is -1.10. The smallest absolute Gasteiger partial charge is 0.230 e. The molecule has 5 nitrogen and oxygen atoms in total. The largest absolute Gasteiger partial charge is 0.369 e. The number of nitrogens with two attached hydrogens (primary N) is 2. The Bertz CT molecular complexity index is 367. The maximum absolute atomic E-state index is 12.8. The molecule has 0 radical (unpaired) electrons. The van der Waals surface area contributed by atoms with Crippen LogP contribution in [0.1, 0.15) is 45.4 Å². The molecule has 1 saturated heterocycles. The van der Waals surface area contributed by atoms with E-state index >= 15 is 0 Å². The molecule has 2 fully saturated rings. The van der Waals surface area contributed by atoms with Gasteiger partial charge in [-0.3, -0.25) is 9.59 Å². The Labute approximate surface area is 121 Å². The number of primary amides is 1. The van der Waals surface area contributed by atoms with Crippen LogP contribution in [0.2, 0.25) is 0 Å². The number of amides is 2. The molecule has 0 bridgehead atoms. The van der Waals surface area contributed by atoms with E-state index in [2.05, 4.69) is 6.92 Å². The lowest BCUT2D eigenvalue weighted by atomic mass is 9.69. The van der Waals surface area contributed by atoms with Crippen LogP contribution in [0.15, 0.2) is 0 Å². The van der Waals surface area contributed by atoms with Gasteiger partial charge in [-0.15, -0.1) is 0 Å². The molecular weight excluding hydrogens is 254 g/mol. The maximum Gasteiger partial charge on any atom is 0.230 e. The molecule has 1 heterocycles. The highest BCUT2D eigenvalue weighted by Gasteiger charge is 2.43. The van der Waals surface area contributed by atoms with Crippen LogP contribution in [-0.4, -0.2) is 36.3 Å². The number of carbonyl (C=O) groups excluding carboxylic acids is 2. The van der Waals surface area contributed by atoms with E-state index in [-0.39, 0.29) is 23.1 Å². The molecule has 1 aliphatic heterocycles. The molecule has 0 aromatic carbocycles. The number of carbonyl (C=O) groups is 2. The molecule has 114 valence electrons. The summed E-state index contributed by atoms with van der Waals surface area (Å²) in [5.74, 6) is 0.592. The Balaban J connectivity index is 1.98. The molecule has 5 heteroatoms. The van der Waals surface area contributed by atoms with Crippen molar-refractivity contribution in [1.82, 2.24) is 4.90 Å². The summed E-state index contributed by atoms with van der Waals surface area (Å²) in [6.45, 7) is 3.96. The number of likely N-dealkylation sites (tertiary alicyclic amines) is 1. The van der Waals surface area contributed by atoms with Crippen molar-refractivity contribution in [2.45, 2.75) is 45.4 Å². The van der Waals surface area contributed by atoms with Crippen LogP contribution in [-0.2, 0) is 9.59 Å². The lowest BCUT2D eigenvalue weighted by Crippen LogP contribution is -2.52. The van der Waals surface area contributed by atoms with Crippen LogP contribution in [0.25, 0.3) is 0 Å². The summed E-state index contributed by atoms with van der Waals surface area (Å²) in [5.41, 5.74) is 10.9. The van der Waals surface area contributed by atoms with Gasteiger partial charge in [0.15, 0.2) is 0 Å². The van der Waals surface area contributed by atoms with Gasteiger partial charge in [0.25, 0.3) is 0 Å². The number of hydrogen-bond donors (Lipinski definition) is 2. The van der Waals surface area contributed by atoms with Gasteiger partial charge >= 0.3 is 0 Å². The van der Waals surface area contributed by atoms with Crippen LogP contribution in [0.4, 0.5) is 0 Å². The molecule has 0 aromatic heterocycles. The summed E-state index contributed by atoms with van der Waals surface area (Å²) in [4.78, 5) is 25.9. The summed E-state index contributed by atoms with van der Waals surface area (Å²) < 4.78 is 0. The van der Waals surface area contributed by atoms with Crippen molar-refractivity contribution in [2.24, 2.45) is 28.7 Å². The molecule has 2 amide bonds. The topological polar surface area (TPSA) is 89.4 Å². The van der Waals surface area contributed by atoms with E-state index in [9.17, 15) is 9.59 Å². The SMILES string of the molecule is CC1CCC(CN)(C(=O)N2CCC(C(N)=O)CC2)CC1. The first-order valence-electron chi connectivity index (χ1n) is 7.77. The molecule has 0 unspecified atom stereocenters. The second kappa shape index (κ2) is 6.12. The molecule has 4 N–H and O–H groups in total. The second-order valence-electron chi connectivity index (χ2n) is 6.64. The van der Waals surface area contributed by atoms with Gasteiger partial charge in [0.2, 0.25) is 11.8 Å². The zero-order valence-electron chi connectivity index (χ0n) is 12.4. The predicted octanol–water partition coefficient (Wildman–Crippen LogP) is 0.866.